The number of phenols is 1. The number of para-hydroxylation sites is 1. The molecular weight excluding hydrogens is 554 g/mol. The number of anilines is 1. The molecule has 0 aliphatic heterocycles. The van der Waals surface area contributed by atoms with Crippen molar-refractivity contribution in [3.63, 3.8) is 0 Å². The SMILES string of the molecule is Cc1cccc(C(C(=O)Nc2c(C)cccc2C)N(C(=O)C(Cc2ccc(O)cc2)NC(=O)OC(C)(C)C)C2CCC2)c1C. The van der Waals surface area contributed by atoms with Gasteiger partial charge in [0.05, 0.1) is 0 Å². The van der Waals surface area contributed by atoms with Gasteiger partial charge in [-0.05, 0) is 113 Å². The summed E-state index contributed by atoms with van der Waals surface area (Å²) >= 11 is 0. The van der Waals surface area contributed by atoms with E-state index in [9.17, 15) is 19.5 Å². The van der Waals surface area contributed by atoms with Crippen molar-refractivity contribution in [2.45, 2.75) is 97.9 Å². The van der Waals surface area contributed by atoms with Crippen LogP contribution in [0.1, 0.15) is 79.5 Å². The first-order chi connectivity index (χ1) is 20.7. The molecule has 0 aromatic heterocycles. The molecule has 8 heteroatoms. The summed E-state index contributed by atoms with van der Waals surface area (Å²) in [5.74, 6) is -0.570. The lowest BCUT2D eigenvalue weighted by Gasteiger charge is -2.44. The van der Waals surface area contributed by atoms with Crippen LogP contribution in [-0.2, 0) is 20.7 Å². The number of rotatable bonds is 9. The van der Waals surface area contributed by atoms with Crippen molar-refractivity contribution < 1.29 is 24.2 Å². The zero-order chi connectivity index (χ0) is 32.2. The van der Waals surface area contributed by atoms with Gasteiger partial charge in [0.1, 0.15) is 23.4 Å². The highest BCUT2D eigenvalue weighted by atomic mass is 16.6. The normalized spacial score (nSPS) is 14.6. The summed E-state index contributed by atoms with van der Waals surface area (Å²) in [6, 6.07) is 16.0. The molecule has 0 spiro atoms. The topological polar surface area (TPSA) is 108 Å². The Kier molecular flexibility index (Phi) is 10.0. The zero-order valence-corrected chi connectivity index (χ0v) is 26.9. The lowest BCUT2D eigenvalue weighted by Crippen LogP contribution is -2.57. The molecule has 2 atom stereocenters. The van der Waals surface area contributed by atoms with E-state index in [1.807, 2.05) is 64.1 Å². The molecule has 0 radical (unpaired) electrons. The number of nitrogens with one attached hydrogen (secondary N) is 2. The van der Waals surface area contributed by atoms with Crippen molar-refractivity contribution in [3.8, 4) is 5.75 Å². The molecule has 4 rings (SSSR count). The van der Waals surface area contributed by atoms with Crippen LogP contribution in [0.4, 0.5) is 10.5 Å². The molecule has 1 saturated carbocycles. The van der Waals surface area contributed by atoms with Gasteiger partial charge in [-0.1, -0.05) is 48.5 Å². The molecule has 234 valence electrons. The number of aryl methyl sites for hydroxylation is 3. The molecule has 1 fully saturated rings. The molecular formula is C36H45N3O5. The van der Waals surface area contributed by atoms with E-state index >= 15 is 0 Å². The van der Waals surface area contributed by atoms with E-state index in [0.717, 1.165) is 58.3 Å². The van der Waals surface area contributed by atoms with Crippen LogP contribution >= 0.6 is 0 Å². The van der Waals surface area contributed by atoms with Gasteiger partial charge in [-0.2, -0.15) is 0 Å². The van der Waals surface area contributed by atoms with Gasteiger partial charge < -0.3 is 25.4 Å². The Balaban J connectivity index is 1.80. The number of benzene rings is 3. The molecule has 8 nitrogen and oxygen atoms in total. The van der Waals surface area contributed by atoms with Crippen LogP contribution in [0.5, 0.6) is 5.75 Å². The predicted octanol–water partition coefficient (Wildman–Crippen LogP) is 6.82. The molecule has 3 aromatic carbocycles. The fourth-order valence-corrected chi connectivity index (χ4v) is 5.57. The fourth-order valence-electron chi connectivity index (χ4n) is 5.57. The van der Waals surface area contributed by atoms with Crippen LogP contribution in [0.15, 0.2) is 60.7 Å². The quantitative estimate of drug-likeness (QED) is 0.250. The highest BCUT2D eigenvalue weighted by Crippen LogP contribution is 2.37. The van der Waals surface area contributed by atoms with Crippen molar-refractivity contribution in [2.75, 3.05) is 5.32 Å². The van der Waals surface area contributed by atoms with Crippen LogP contribution in [0, 0.1) is 27.7 Å². The number of ether oxygens (including phenoxy) is 1. The van der Waals surface area contributed by atoms with Crippen LogP contribution in [0.2, 0.25) is 0 Å². The zero-order valence-electron chi connectivity index (χ0n) is 26.9. The molecule has 44 heavy (non-hydrogen) atoms. The summed E-state index contributed by atoms with van der Waals surface area (Å²) in [4.78, 5) is 44.0. The minimum atomic E-state index is -1.02. The first-order valence-corrected chi connectivity index (χ1v) is 15.3. The number of nitrogens with zero attached hydrogens (tertiary/aromatic N) is 1. The van der Waals surface area contributed by atoms with Gasteiger partial charge in [0.15, 0.2) is 0 Å². The maximum Gasteiger partial charge on any atom is 0.408 e. The first kappa shape index (κ1) is 32.6. The standard InChI is InChI=1S/C36H45N3O5/c1-22-11-9-16-29(25(22)4)32(33(41)38-31-23(2)12-8-13-24(31)3)39(27-14-10-15-27)34(42)30(37-35(43)44-36(5,6)7)21-26-17-19-28(40)20-18-26/h8-9,11-13,16-20,27,30,32,40H,10,14-15,21H2,1-7H3,(H,37,43)(H,38,41). The third-order valence-electron chi connectivity index (χ3n) is 8.28. The van der Waals surface area contributed by atoms with Crippen molar-refractivity contribution >= 4 is 23.6 Å². The summed E-state index contributed by atoms with van der Waals surface area (Å²) in [5.41, 5.74) is 5.25. The van der Waals surface area contributed by atoms with E-state index in [0.29, 0.717) is 0 Å². The predicted molar refractivity (Wildman–Crippen MR) is 173 cm³/mol. The van der Waals surface area contributed by atoms with Gasteiger partial charge in [-0.15, -0.1) is 0 Å². The summed E-state index contributed by atoms with van der Waals surface area (Å²) in [5, 5.41) is 15.8. The minimum Gasteiger partial charge on any atom is -0.508 e. The minimum absolute atomic E-state index is 0.103. The Morgan fingerprint density at radius 1 is 0.909 bits per heavy atom. The molecule has 1 aliphatic carbocycles. The summed E-state index contributed by atoms with van der Waals surface area (Å²) in [7, 11) is 0. The highest BCUT2D eigenvalue weighted by Gasteiger charge is 2.42. The number of aromatic hydroxyl groups is 1. The second-order valence-corrected chi connectivity index (χ2v) is 12.8. The van der Waals surface area contributed by atoms with E-state index in [4.69, 9.17) is 4.74 Å². The van der Waals surface area contributed by atoms with E-state index in [1.54, 1.807) is 49.9 Å². The Hall–Kier alpha value is -4.33. The average molecular weight is 600 g/mol. The number of hydrogen-bond donors (Lipinski definition) is 3. The second kappa shape index (κ2) is 13.5. The van der Waals surface area contributed by atoms with Crippen LogP contribution in [0.3, 0.4) is 0 Å². The molecule has 0 saturated heterocycles. The molecule has 0 bridgehead atoms. The molecule has 3 N–H and O–H groups in total. The summed E-state index contributed by atoms with van der Waals surface area (Å²) < 4.78 is 5.55. The number of amides is 3. The van der Waals surface area contributed by atoms with Crippen molar-refractivity contribution in [1.82, 2.24) is 10.2 Å². The molecule has 1 aliphatic rings. The summed E-state index contributed by atoms with van der Waals surface area (Å²) in [6.07, 6.45) is 1.88. The van der Waals surface area contributed by atoms with E-state index in [1.165, 1.54) is 0 Å². The lowest BCUT2D eigenvalue weighted by atomic mass is 9.86. The number of carbonyl (C=O) groups is 3. The number of alkyl carbamates (subject to hydrolysis) is 1. The number of phenolic OH excluding ortho intramolecular Hbond substituents is 1. The van der Waals surface area contributed by atoms with Crippen molar-refractivity contribution in [2.24, 2.45) is 0 Å². The summed E-state index contributed by atoms with van der Waals surface area (Å²) in [6.45, 7) is 13.1. The number of carbonyl (C=O) groups excluding carboxylic acids is 3. The van der Waals surface area contributed by atoms with Gasteiger partial charge >= 0.3 is 6.09 Å². The Morgan fingerprint density at radius 3 is 2.07 bits per heavy atom. The smallest absolute Gasteiger partial charge is 0.408 e. The molecule has 3 aromatic rings. The van der Waals surface area contributed by atoms with Crippen molar-refractivity contribution in [1.29, 1.82) is 0 Å². The number of hydrogen-bond acceptors (Lipinski definition) is 5. The largest absolute Gasteiger partial charge is 0.508 e. The van der Waals surface area contributed by atoms with Gasteiger partial charge in [-0.3, -0.25) is 9.59 Å². The van der Waals surface area contributed by atoms with E-state index in [-0.39, 0.29) is 30.0 Å². The third-order valence-corrected chi connectivity index (χ3v) is 8.28. The van der Waals surface area contributed by atoms with Crippen LogP contribution < -0.4 is 10.6 Å². The van der Waals surface area contributed by atoms with Gasteiger partial charge in [-0.25, -0.2) is 4.79 Å². The monoisotopic (exact) mass is 599 g/mol. The molecule has 2 unspecified atom stereocenters. The highest BCUT2D eigenvalue weighted by molar-refractivity contribution is 6.00. The maximum atomic E-state index is 14.8. The van der Waals surface area contributed by atoms with E-state index < -0.39 is 23.8 Å². The maximum absolute atomic E-state index is 14.8. The Labute approximate surface area is 260 Å². The second-order valence-electron chi connectivity index (χ2n) is 12.8. The van der Waals surface area contributed by atoms with Gasteiger partial charge in [0.2, 0.25) is 5.91 Å². The third kappa shape index (κ3) is 7.78. The lowest BCUT2D eigenvalue weighted by molar-refractivity contribution is -0.145. The van der Waals surface area contributed by atoms with Crippen LogP contribution in [-0.4, -0.2) is 45.6 Å². The van der Waals surface area contributed by atoms with Gasteiger partial charge in [0, 0.05) is 18.2 Å². The fraction of sp³-hybridized carbons (Fsp3) is 0.417. The average Bonchev–Trinajstić information content (AvgIpc) is 2.91. The molecule has 0 heterocycles. The van der Waals surface area contributed by atoms with Gasteiger partial charge in [0.25, 0.3) is 5.91 Å². The first-order valence-electron chi connectivity index (χ1n) is 15.3. The molecule has 3 amide bonds. The Bertz CT molecular complexity index is 1480. The Morgan fingerprint density at radius 2 is 1.50 bits per heavy atom. The van der Waals surface area contributed by atoms with Crippen molar-refractivity contribution in [3.05, 3.63) is 94.0 Å². The van der Waals surface area contributed by atoms with Crippen LogP contribution in [0.25, 0.3) is 0 Å². The van der Waals surface area contributed by atoms with E-state index in [2.05, 4.69) is 10.6 Å².